The molecule has 4 aromatic rings. The Hall–Kier alpha value is -4.68. The Kier molecular flexibility index (Phi) is 8.25. The highest BCUT2D eigenvalue weighted by molar-refractivity contribution is 5.75. The molecule has 5 rings (SSSR count). The fraction of sp³-hybridized carbons (Fsp3) is 0.467. The number of carbonyl (C=O) groups excluding carboxylic acids is 1. The number of anilines is 1. The van der Waals surface area contributed by atoms with E-state index in [2.05, 4.69) is 15.5 Å². The fourth-order valence-corrected chi connectivity index (χ4v) is 5.10. The number of amides is 1. The first-order chi connectivity index (χ1) is 20.4. The molecule has 3 aromatic heterocycles. The third-order valence-corrected chi connectivity index (χ3v) is 7.11. The predicted octanol–water partition coefficient (Wildman–Crippen LogP) is 3.45. The average Bonchev–Trinajstić information content (AvgIpc) is 3.58. The zero-order valence-corrected chi connectivity index (χ0v) is 25.5. The Morgan fingerprint density at radius 3 is 2.58 bits per heavy atom. The number of nitrogens with zero attached hydrogens (tertiary/aromatic N) is 7. The minimum absolute atomic E-state index is 0.139. The highest BCUT2D eigenvalue weighted by atomic mass is 16.6. The summed E-state index contributed by atoms with van der Waals surface area (Å²) in [7, 11) is 1.59. The van der Waals surface area contributed by atoms with E-state index in [-0.39, 0.29) is 24.1 Å². The summed E-state index contributed by atoms with van der Waals surface area (Å²) in [6.45, 7) is 10.8. The van der Waals surface area contributed by atoms with Crippen LogP contribution in [0.5, 0.6) is 0 Å². The average molecular weight is 591 g/mol. The number of rotatable bonds is 7. The lowest BCUT2D eigenvalue weighted by molar-refractivity contribution is 0.0499. The van der Waals surface area contributed by atoms with Crippen LogP contribution in [0, 0.1) is 0 Å². The minimum Gasteiger partial charge on any atom is -0.444 e. The Labute approximate surface area is 248 Å². The largest absolute Gasteiger partial charge is 0.444 e. The van der Waals surface area contributed by atoms with E-state index in [0.29, 0.717) is 36.9 Å². The van der Waals surface area contributed by atoms with Gasteiger partial charge in [0.15, 0.2) is 11.2 Å². The molecule has 1 aromatic carbocycles. The Morgan fingerprint density at radius 1 is 1.14 bits per heavy atom. The minimum atomic E-state index is -0.605. The van der Waals surface area contributed by atoms with Gasteiger partial charge < -0.3 is 24.0 Å². The number of imidazole rings is 1. The van der Waals surface area contributed by atoms with Crippen molar-refractivity contribution in [1.29, 1.82) is 0 Å². The number of benzene rings is 1. The van der Waals surface area contributed by atoms with E-state index < -0.39 is 22.9 Å². The first kappa shape index (κ1) is 29.8. The van der Waals surface area contributed by atoms with E-state index >= 15 is 0 Å². The Balaban J connectivity index is 1.52. The summed E-state index contributed by atoms with van der Waals surface area (Å²) in [5, 5.41) is 6.99. The summed E-state index contributed by atoms with van der Waals surface area (Å²) >= 11 is 0. The molecule has 1 saturated heterocycles. The van der Waals surface area contributed by atoms with Crippen molar-refractivity contribution in [2.45, 2.75) is 72.2 Å². The van der Waals surface area contributed by atoms with Crippen LogP contribution < -0.4 is 21.5 Å². The normalized spacial score (nSPS) is 15.5. The molecule has 1 fully saturated rings. The van der Waals surface area contributed by atoms with Gasteiger partial charge in [-0.15, -0.1) is 0 Å². The second kappa shape index (κ2) is 11.9. The van der Waals surface area contributed by atoms with Gasteiger partial charge in [-0.2, -0.15) is 9.97 Å². The molecule has 13 heteroatoms. The number of hydrogen-bond donors (Lipinski definition) is 1. The summed E-state index contributed by atoms with van der Waals surface area (Å²) in [5.41, 5.74) is 0.753. The summed E-state index contributed by atoms with van der Waals surface area (Å²) in [6.07, 6.45) is 3.12. The van der Waals surface area contributed by atoms with Gasteiger partial charge in [0.1, 0.15) is 12.1 Å². The van der Waals surface area contributed by atoms with Gasteiger partial charge in [-0.1, -0.05) is 47.1 Å². The molecule has 0 saturated carbocycles. The van der Waals surface area contributed by atoms with E-state index in [1.165, 1.54) is 4.57 Å². The number of hydrogen-bond acceptors (Lipinski definition) is 9. The van der Waals surface area contributed by atoms with Crippen molar-refractivity contribution in [1.82, 2.24) is 34.1 Å². The molecule has 4 heterocycles. The third-order valence-electron chi connectivity index (χ3n) is 7.11. The number of carbonyl (C=O) groups is 1. The molecule has 0 spiro atoms. The molecule has 1 amide bonds. The lowest BCUT2D eigenvalue weighted by Crippen LogP contribution is -2.49. The molecule has 1 unspecified atom stereocenters. The first-order valence-corrected chi connectivity index (χ1v) is 14.4. The van der Waals surface area contributed by atoms with Crippen molar-refractivity contribution < 1.29 is 14.1 Å². The van der Waals surface area contributed by atoms with Gasteiger partial charge in [0.25, 0.3) is 5.56 Å². The monoisotopic (exact) mass is 590 g/mol. The van der Waals surface area contributed by atoms with Crippen molar-refractivity contribution in [3.05, 3.63) is 68.7 Å². The van der Waals surface area contributed by atoms with E-state index in [1.54, 1.807) is 7.05 Å². The number of ether oxygens (including phenoxy) is 1. The van der Waals surface area contributed by atoms with E-state index in [4.69, 9.17) is 14.2 Å². The maximum Gasteiger partial charge on any atom is 0.407 e. The molecule has 0 radical (unpaired) electrons. The lowest BCUT2D eigenvalue weighted by atomic mass is 10.1. The van der Waals surface area contributed by atoms with Gasteiger partial charge in [-0.3, -0.25) is 9.36 Å². The van der Waals surface area contributed by atoms with Crippen molar-refractivity contribution in [3.63, 3.8) is 0 Å². The van der Waals surface area contributed by atoms with Crippen LogP contribution in [-0.2, 0) is 24.9 Å². The van der Waals surface area contributed by atoms with Gasteiger partial charge in [0.2, 0.25) is 17.7 Å². The standard InChI is InChI=1S/C30H38N8O5/c1-19(2)14-16-37-23-25(33-27(37)36-15-10-13-21(17-36)31-28(40)42-30(3,4)5)35(6)29(41)38(26(23)39)18-22-32-24(34-43-22)20-11-8-7-9-12-20/h7-9,11-12,14,21H,10,13,15-18H2,1-6H3,(H,31,40). The van der Waals surface area contributed by atoms with Crippen LogP contribution in [0.2, 0.25) is 0 Å². The number of aromatic nitrogens is 6. The molecule has 13 nitrogen and oxygen atoms in total. The zero-order chi connectivity index (χ0) is 30.9. The molecule has 1 N–H and O–H groups in total. The smallest absolute Gasteiger partial charge is 0.407 e. The van der Waals surface area contributed by atoms with Crippen molar-refractivity contribution in [2.75, 3.05) is 18.0 Å². The molecule has 43 heavy (non-hydrogen) atoms. The first-order valence-electron chi connectivity index (χ1n) is 14.4. The van der Waals surface area contributed by atoms with Crippen LogP contribution in [0.3, 0.4) is 0 Å². The quantitative estimate of drug-likeness (QED) is 0.320. The maximum atomic E-state index is 14.0. The van der Waals surface area contributed by atoms with Crippen molar-refractivity contribution in [2.24, 2.45) is 7.05 Å². The highest BCUT2D eigenvalue weighted by Crippen LogP contribution is 2.24. The van der Waals surface area contributed by atoms with Gasteiger partial charge in [-0.25, -0.2) is 14.2 Å². The lowest BCUT2D eigenvalue weighted by Gasteiger charge is -2.34. The number of alkyl carbamates (subject to hydrolysis) is 1. The van der Waals surface area contributed by atoms with Crippen LogP contribution in [0.4, 0.5) is 10.7 Å². The van der Waals surface area contributed by atoms with E-state index in [0.717, 1.165) is 28.5 Å². The van der Waals surface area contributed by atoms with Crippen LogP contribution in [0.1, 0.15) is 53.4 Å². The molecule has 228 valence electrons. The molecule has 1 aliphatic rings. The second-order valence-electron chi connectivity index (χ2n) is 12.0. The van der Waals surface area contributed by atoms with Crippen LogP contribution in [-0.4, -0.2) is 59.7 Å². The van der Waals surface area contributed by atoms with Crippen molar-refractivity contribution >= 4 is 23.2 Å². The molecule has 0 bridgehead atoms. The summed E-state index contributed by atoms with van der Waals surface area (Å²) in [6, 6.07) is 9.15. The number of nitrogens with one attached hydrogen (secondary N) is 1. The van der Waals surface area contributed by atoms with Gasteiger partial charge >= 0.3 is 11.8 Å². The SMILES string of the molecule is CC(C)=CCn1c(N2CCCC(NC(=O)OC(C)(C)C)C2)nc2c1c(=O)n(Cc1nc(-c3ccccc3)no1)c(=O)n2C. The molecule has 1 atom stereocenters. The van der Waals surface area contributed by atoms with Gasteiger partial charge in [-0.05, 0) is 47.5 Å². The van der Waals surface area contributed by atoms with Gasteiger partial charge in [0.05, 0.1) is 0 Å². The highest BCUT2D eigenvalue weighted by Gasteiger charge is 2.29. The van der Waals surface area contributed by atoms with E-state index in [9.17, 15) is 14.4 Å². The molecule has 0 aliphatic carbocycles. The summed E-state index contributed by atoms with van der Waals surface area (Å²) in [5.74, 6) is 1.06. The fourth-order valence-electron chi connectivity index (χ4n) is 5.10. The number of fused-ring (bicyclic) bond motifs is 1. The maximum absolute atomic E-state index is 14.0. The topological polar surface area (TPSA) is 142 Å². The van der Waals surface area contributed by atoms with Crippen molar-refractivity contribution in [3.8, 4) is 11.4 Å². The number of piperidine rings is 1. The number of allylic oxidation sites excluding steroid dienone is 2. The molecule has 1 aliphatic heterocycles. The Bertz CT molecular complexity index is 1770. The third kappa shape index (κ3) is 6.55. The Morgan fingerprint density at radius 2 is 1.88 bits per heavy atom. The van der Waals surface area contributed by atoms with Crippen LogP contribution in [0.15, 0.2) is 56.1 Å². The van der Waals surface area contributed by atoms with Crippen LogP contribution in [0.25, 0.3) is 22.6 Å². The number of aryl methyl sites for hydroxylation is 1. The van der Waals surface area contributed by atoms with Crippen LogP contribution >= 0.6 is 0 Å². The summed E-state index contributed by atoms with van der Waals surface area (Å²) in [4.78, 5) is 51.2. The summed E-state index contributed by atoms with van der Waals surface area (Å²) < 4.78 is 15.2. The predicted molar refractivity (Wildman–Crippen MR) is 162 cm³/mol. The van der Waals surface area contributed by atoms with Gasteiger partial charge in [0, 0.05) is 38.3 Å². The zero-order valence-electron chi connectivity index (χ0n) is 25.5. The molecular weight excluding hydrogens is 552 g/mol. The molecular formula is C30H38N8O5. The second-order valence-corrected chi connectivity index (χ2v) is 12.0. The van der Waals surface area contributed by atoms with E-state index in [1.807, 2.05) is 80.5 Å².